The van der Waals surface area contributed by atoms with Crippen LogP contribution in [0, 0.1) is 5.82 Å². The predicted octanol–water partition coefficient (Wildman–Crippen LogP) is 6.74. The Morgan fingerprint density at radius 1 is 1.27 bits per heavy atom. The highest BCUT2D eigenvalue weighted by Gasteiger charge is 2.71. The normalized spacial score (nSPS) is 22.3. The molecular formula is C26H34ClF2N5O5SSi. The number of rotatable bonds is 8. The Bertz CT molecular complexity index is 1390. The molecule has 224 valence electrons. The number of ether oxygens (including phenoxy) is 1. The van der Waals surface area contributed by atoms with Crippen LogP contribution in [0.15, 0.2) is 35.6 Å². The second kappa shape index (κ2) is 11.2. The summed E-state index contributed by atoms with van der Waals surface area (Å²) in [4.78, 5) is 25.5. The number of hydrogen-bond donors (Lipinski definition) is 3. The quantitative estimate of drug-likeness (QED) is 0.166. The molecule has 1 atom stereocenters. The van der Waals surface area contributed by atoms with Crippen molar-refractivity contribution in [3.05, 3.63) is 58.4 Å². The summed E-state index contributed by atoms with van der Waals surface area (Å²) >= 11 is 5.73. The average Bonchev–Trinajstić information content (AvgIpc) is 3.70. The first-order chi connectivity index (χ1) is 19.0. The van der Waals surface area contributed by atoms with Gasteiger partial charge in [0.25, 0.3) is 0 Å². The molecule has 1 amide bonds. The van der Waals surface area contributed by atoms with Crippen molar-refractivity contribution >= 4 is 54.4 Å². The zero-order valence-electron chi connectivity index (χ0n) is 23.4. The molecule has 1 saturated carbocycles. The van der Waals surface area contributed by atoms with Gasteiger partial charge in [0.1, 0.15) is 33.7 Å². The molecule has 0 bridgehead atoms. The Labute approximate surface area is 245 Å². The topological polar surface area (TPSA) is 132 Å². The highest BCUT2D eigenvalue weighted by atomic mass is 35.5. The molecule has 2 aromatic rings. The fourth-order valence-electron chi connectivity index (χ4n) is 4.82. The van der Waals surface area contributed by atoms with Crippen LogP contribution in [0.4, 0.5) is 13.6 Å². The van der Waals surface area contributed by atoms with Gasteiger partial charge >= 0.3 is 6.09 Å². The van der Waals surface area contributed by atoms with Crippen LogP contribution in [0.3, 0.4) is 0 Å². The molecule has 1 aliphatic carbocycles. The number of benzene rings is 1. The third-order valence-corrected chi connectivity index (χ3v) is 12.1. The molecule has 1 fully saturated rings. The number of aromatic nitrogens is 2. The fraction of sp³-hybridized carbons (Fsp3) is 0.462. The van der Waals surface area contributed by atoms with Crippen LogP contribution in [0.1, 0.15) is 36.6 Å². The summed E-state index contributed by atoms with van der Waals surface area (Å²) in [6.45, 7) is 7.94. The summed E-state index contributed by atoms with van der Waals surface area (Å²) in [5.74, 6) is -1.74. The summed E-state index contributed by atoms with van der Waals surface area (Å²) in [7, 11) is -3.80. The molecule has 1 aromatic carbocycles. The van der Waals surface area contributed by atoms with Gasteiger partial charge in [0.2, 0.25) is 5.96 Å². The lowest BCUT2D eigenvalue weighted by atomic mass is 9.85. The molecule has 1 aliphatic heterocycles. The van der Waals surface area contributed by atoms with Gasteiger partial charge in [-0.15, -0.1) is 10.8 Å². The fourth-order valence-corrected chi connectivity index (χ4v) is 7.90. The summed E-state index contributed by atoms with van der Waals surface area (Å²) < 4.78 is 58.9. The lowest BCUT2D eigenvalue weighted by Crippen LogP contribution is -2.58. The molecule has 10 nitrogen and oxygen atoms in total. The van der Waals surface area contributed by atoms with Crippen molar-refractivity contribution in [2.24, 2.45) is 4.99 Å². The zero-order valence-corrected chi connectivity index (χ0v) is 26.0. The summed E-state index contributed by atoms with van der Waals surface area (Å²) in [5, 5.41) is 10.1. The summed E-state index contributed by atoms with van der Waals surface area (Å²) in [6.07, 6.45) is 2.69. The second-order valence-corrected chi connectivity index (χ2v) is 19.9. The van der Waals surface area contributed by atoms with Gasteiger partial charge in [-0.25, -0.2) is 37.7 Å². The monoisotopic (exact) mass is 629 g/mol. The van der Waals surface area contributed by atoms with E-state index in [9.17, 15) is 23.4 Å². The van der Waals surface area contributed by atoms with Gasteiger partial charge < -0.3 is 9.84 Å². The summed E-state index contributed by atoms with van der Waals surface area (Å²) in [6, 6.07) is 4.66. The van der Waals surface area contributed by atoms with E-state index in [-0.39, 0.29) is 27.9 Å². The minimum absolute atomic E-state index is 0.0331. The molecule has 3 N–H and O–H groups in total. The highest BCUT2D eigenvalue weighted by Crippen LogP contribution is 2.76. The third kappa shape index (κ3) is 5.99. The molecule has 0 radical (unpaired) electrons. The van der Waals surface area contributed by atoms with E-state index in [0.717, 1.165) is 33.6 Å². The van der Waals surface area contributed by atoms with Crippen LogP contribution in [0.5, 0.6) is 0 Å². The van der Waals surface area contributed by atoms with Crippen LogP contribution < -0.4 is 0 Å². The van der Waals surface area contributed by atoms with E-state index in [1.165, 1.54) is 25.4 Å². The number of carboxylic acid groups (broad SMARTS) is 1. The van der Waals surface area contributed by atoms with Crippen molar-refractivity contribution < 1.29 is 32.5 Å². The van der Waals surface area contributed by atoms with Gasteiger partial charge in [0, 0.05) is 27.3 Å². The molecule has 1 unspecified atom stereocenters. The smallest absolute Gasteiger partial charge is 0.416 e. The van der Waals surface area contributed by atoms with Crippen molar-refractivity contribution in [2.45, 2.75) is 55.7 Å². The summed E-state index contributed by atoms with van der Waals surface area (Å²) in [5.41, 5.74) is -1.46. The zero-order chi connectivity index (χ0) is 30.4. The molecule has 41 heavy (non-hydrogen) atoms. The first-order valence-corrected chi connectivity index (χ1v) is 18.5. The first-order valence-electron chi connectivity index (χ1n) is 12.9. The number of halogens is 3. The van der Waals surface area contributed by atoms with E-state index in [1.807, 2.05) is 0 Å². The molecule has 0 saturated heterocycles. The van der Waals surface area contributed by atoms with Crippen molar-refractivity contribution in [1.82, 2.24) is 19.2 Å². The standard InChI is InChI=1S/C26H34ClF2N5O5SSi/c1-25(18-12-17(6-7-19(18)28)13-20(29)21-14-31-22(27)15-30-21)26(8-9-26)40(37,38)33(2)23(32-25)34(24(35)36)16-39-10-11-41(3,4)5/h6-7,12-15,37-38H,8-11,16H2,1-5H3,(H,35,36)/b20-13-. The van der Waals surface area contributed by atoms with Crippen LogP contribution in [-0.4, -0.2) is 78.6 Å². The van der Waals surface area contributed by atoms with Gasteiger partial charge in [-0.1, -0.05) is 37.3 Å². The number of carbonyl (C=O) groups is 1. The van der Waals surface area contributed by atoms with Gasteiger partial charge in [-0.05, 0) is 49.6 Å². The number of nitrogens with zero attached hydrogens (tertiary/aromatic N) is 5. The van der Waals surface area contributed by atoms with E-state index in [0.29, 0.717) is 19.4 Å². The van der Waals surface area contributed by atoms with Crippen molar-refractivity contribution in [3.63, 3.8) is 0 Å². The van der Waals surface area contributed by atoms with Crippen LogP contribution in [-0.2, 0) is 10.3 Å². The van der Waals surface area contributed by atoms with Gasteiger partial charge in [0.05, 0.1) is 12.4 Å². The van der Waals surface area contributed by atoms with E-state index < -0.39 is 53.6 Å². The van der Waals surface area contributed by atoms with Crippen LogP contribution >= 0.6 is 22.4 Å². The maximum Gasteiger partial charge on any atom is 0.416 e. The first kappa shape index (κ1) is 31.3. The molecular weight excluding hydrogens is 596 g/mol. The van der Waals surface area contributed by atoms with E-state index >= 15 is 4.39 Å². The van der Waals surface area contributed by atoms with E-state index in [1.54, 1.807) is 6.92 Å². The van der Waals surface area contributed by atoms with Gasteiger partial charge in [0.15, 0.2) is 5.83 Å². The minimum Gasteiger partial charge on any atom is -0.465 e. The maximum atomic E-state index is 15.5. The minimum atomic E-state index is -3.70. The largest absolute Gasteiger partial charge is 0.465 e. The number of guanidine groups is 1. The third-order valence-electron chi connectivity index (χ3n) is 7.47. The molecule has 1 aromatic heterocycles. The SMILES string of the molecule is CN1C(N(COCC[Si](C)(C)C)C(=O)O)=NC(C)(c2cc(/C=C(\F)c3cnc(Cl)cn3)ccc2F)C2(CC2)S1(O)O. The molecule has 15 heteroatoms. The Morgan fingerprint density at radius 2 is 1.95 bits per heavy atom. The number of amides is 1. The van der Waals surface area contributed by atoms with Crippen molar-refractivity contribution in [2.75, 3.05) is 20.4 Å². The molecule has 2 aliphatic rings. The van der Waals surface area contributed by atoms with Crippen molar-refractivity contribution in [1.29, 1.82) is 0 Å². The number of hydrogen-bond acceptors (Lipinski definition) is 8. The van der Waals surface area contributed by atoms with E-state index in [4.69, 9.17) is 21.3 Å². The molecule has 2 heterocycles. The Morgan fingerprint density at radius 3 is 2.51 bits per heavy atom. The Kier molecular flexibility index (Phi) is 8.57. The molecule has 1 spiro atoms. The Hall–Kier alpha value is -2.62. The van der Waals surface area contributed by atoms with E-state index in [2.05, 4.69) is 29.6 Å². The molecule has 4 rings (SSSR count). The van der Waals surface area contributed by atoms with Crippen molar-refractivity contribution in [3.8, 4) is 0 Å². The maximum absolute atomic E-state index is 15.5. The average molecular weight is 630 g/mol. The van der Waals surface area contributed by atoms with Gasteiger partial charge in [-0.3, -0.25) is 9.11 Å². The van der Waals surface area contributed by atoms with Crippen LogP contribution in [0.2, 0.25) is 30.8 Å². The lowest BCUT2D eigenvalue weighted by molar-refractivity contribution is 0.0645. The highest BCUT2D eigenvalue weighted by molar-refractivity contribution is 8.24. The lowest BCUT2D eigenvalue weighted by Gasteiger charge is -2.57. The Balaban J connectivity index is 1.77. The second-order valence-electron chi connectivity index (χ2n) is 11.5. The predicted molar refractivity (Wildman–Crippen MR) is 159 cm³/mol. The van der Waals surface area contributed by atoms with Gasteiger partial charge in [-0.2, -0.15) is 0 Å². The number of aliphatic imine (C=N–C) groups is 1. The van der Waals surface area contributed by atoms with Crippen LogP contribution in [0.25, 0.3) is 11.9 Å².